The first-order chi connectivity index (χ1) is 7.72. The van der Waals surface area contributed by atoms with Crippen molar-refractivity contribution in [3.63, 3.8) is 0 Å². The lowest BCUT2D eigenvalue weighted by Crippen LogP contribution is -2.46. The largest absolute Gasteiger partial charge is 0.353 e. The third-order valence-corrected chi connectivity index (χ3v) is 5.28. The van der Waals surface area contributed by atoms with Crippen molar-refractivity contribution in [3.8, 4) is 0 Å². The van der Waals surface area contributed by atoms with E-state index in [4.69, 9.17) is 0 Å². The summed E-state index contributed by atoms with van der Waals surface area (Å²) in [6.45, 7) is 4.51. The van der Waals surface area contributed by atoms with Gasteiger partial charge in [0.25, 0.3) is 0 Å². The summed E-state index contributed by atoms with van der Waals surface area (Å²) in [6, 6.07) is 0. The molecule has 0 aromatic carbocycles. The highest BCUT2D eigenvalue weighted by Gasteiger charge is 2.30. The molecule has 1 aliphatic carbocycles. The van der Waals surface area contributed by atoms with Gasteiger partial charge in [0.2, 0.25) is 5.91 Å². The Morgan fingerprint density at radius 3 is 2.41 bits per heavy atom. The summed E-state index contributed by atoms with van der Waals surface area (Å²) >= 11 is 0. The summed E-state index contributed by atoms with van der Waals surface area (Å²) in [5.74, 6) is 0.581. The van der Waals surface area contributed by atoms with Gasteiger partial charge in [-0.25, -0.2) is 8.42 Å². The third kappa shape index (κ3) is 5.04. The fourth-order valence-corrected chi connectivity index (χ4v) is 1.55. The molecule has 5 nitrogen and oxygen atoms in total. The summed E-state index contributed by atoms with van der Waals surface area (Å²) < 4.78 is 21.9. The average molecular weight is 262 g/mol. The van der Waals surface area contributed by atoms with Crippen molar-refractivity contribution in [2.75, 3.05) is 25.9 Å². The molecule has 0 aliphatic heterocycles. The normalized spacial score (nSPS) is 16.9. The molecular weight excluding hydrogens is 240 g/mol. The van der Waals surface area contributed by atoms with Gasteiger partial charge in [0, 0.05) is 12.8 Å². The highest BCUT2D eigenvalue weighted by atomic mass is 32.2. The number of hydrogen-bond acceptors (Lipinski definition) is 4. The van der Waals surface area contributed by atoms with Gasteiger partial charge in [-0.05, 0) is 39.2 Å². The zero-order valence-corrected chi connectivity index (χ0v) is 11.6. The first kappa shape index (κ1) is 14.4. The average Bonchev–Trinajstić information content (AvgIpc) is 2.97. The molecule has 0 bridgehead atoms. The number of hydrogen-bond donors (Lipinski definition) is 2. The summed E-state index contributed by atoms with van der Waals surface area (Å²) in [6.07, 6.45) is 3.68. The van der Waals surface area contributed by atoms with Crippen molar-refractivity contribution in [3.05, 3.63) is 0 Å². The fourth-order valence-electron chi connectivity index (χ4n) is 1.22. The molecule has 1 fully saturated rings. The lowest BCUT2D eigenvalue weighted by molar-refractivity contribution is -0.120. The van der Waals surface area contributed by atoms with Crippen LogP contribution in [0.15, 0.2) is 0 Å². The van der Waals surface area contributed by atoms with Crippen molar-refractivity contribution < 1.29 is 13.2 Å². The van der Waals surface area contributed by atoms with E-state index in [2.05, 4.69) is 10.6 Å². The van der Waals surface area contributed by atoms with E-state index in [1.54, 1.807) is 13.8 Å². The Bertz CT molecular complexity index is 372. The van der Waals surface area contributed by atoms with Crippen LogP contribution in [0.25, 0.3) is 0 Å². The Kier molecular flexibility index (Phi) is 4.55. The molecule has 6 heteroatoms. The van der Waals surface area contributed by atoms with Gasteiger partial charge in [-0.15, -0.1) is 0 Å². The molecule has 1 aliphatic rings. The van der Waals surface area contributed by atoms with Crippen LogP contribution in [0, 0.1) is 5.92 Å². The number of sulfone groups is 1. The summed E-state index contributed by atoms with van der Waals surface area (Å²) in [4.78, 5) is 11.5. The van der Waals surface area contributed by atoms with E-state index in [0.717, 1.165) is 12.5 Å². The van der Waals surface area contributed by atoms with Crippen molar-refractivity contribution in [1.29, 1.82) is 0 Å². The molecule has 0 saturated heterocycles. The number of carbonyl (C=O) groups is 1. The minimum Gasteiger partial charge on any atom is -0.353 e. The maximum absolute atomic E-state index is 11.5. The molecule has 2 N–H and O–H groups in total. The molecule has 0 radical (unpaired) electrons. The summed E-state index contributed by atoms with van der Waals surface area (Å²) in [7, 11) is -3.16. The molecule has 17 heavy (non-hydrogen) atoms. The summed E-state index contributed by atoms with van der Waals surface area (Å²) in [5.41, 5.74) is 0. The van der Waals surface area contributed by atoms with Crippen molar-refractivity contribution in [2.45, 2.75) is 31.4 Å². The van der Waals surface area contributed by atoms with Crippen LogP contribution in [-0.4, -0.2) is 45.0 Å². The third-order valence-electron chi connectivity index (χ3n) is 3.13. The van der Waals surface area contributed by atoms with Crippen LogP contribution in [0.5, 0.6) is 0 Å². The zero-order chi connectivity index (χ0) is 13.1. The Morgan fingerprint density at radius 2 is 1.94 bits per heavy atom. The number of carbonyl (C=O) groups excluding carboxylic acids is 1. The standard InChI is InChI=1S/C11H22N2O3S/c1-11(2,17(3,15)16)8-13-10(14)7-12-6-9-4-5-9/h9,12H,4-8H2,1-3H3,(H,13,14). The second-order valence-electron chi connectivity index (χ2n) is 5.38. The molecular formula is C11H22N2O3S. The second kappa shape index (κ2) is 5.35. The molecule has 0 heterocycles. The predicted molar refractivity (Wildman–Crippen MR) is 67.5 cm³/mol. The van der Waals surface area contributed by atoms with Crippen LogP contribution in [0.1, 0.15) is 26.7 Å². The maximum atomic E-state index is 11.5. The van der Waals surface area contributed by atoms with E-state index in [9.17, 15) is 13.2 Å². The van der Waals surface area contributed by atoms with Gasteiger partial charge < -0.3 is 10.6 Å². The highest BCUT2D eigenvalue weighted by Crippen LogP contribution is 2.27. The van der Waals surface area contributed by atoms with Crippen molar-refractivity contribution in [1.82, 2.24) is 10.6 Å². The minimum atomic E-state index is -3.16. The summed E-state index contributed by atoms with van der Waals surface area (Å²) in [5, 5.41) is 5.70. The minimum absolute atomic E-state index is 0.149. The van der Waals surface area contributed by atoms with Crippen LogP contribution in [0.4, 0.5) is 0 Å². The fraction of sp³-hybridized carbons (Fsp3) is 0.909. The van der Waals surface area contributed by atoms with Gasteiger partial charge in [-0.1, -0.05) is 0 Å². The van der Waals surface area contributed by atoms with Crippen LogP contribution in [-0.2, 0) is 14.6 Å². The lowest BCUT2D eigenvalue weighted by Gasteiger charge is -2.22. The first-order valence-corrected chi connectivity index (χ1v) is 7.78. The second-order valence-corrected chi connectivity index (χ2v) is 8.03. The Hall–Kier alpha value is -0.620. The van der Waals surface area contributed by atoms with Gasteiger partial charge in [-0.2, -0.15) is 0 Å². The monoisotopic (exact) mass is 262 g/mol. The van der Waals surface area contributed by atoms with E-state index >= 15 is 0 Å². The SMILES string of the molecule is CC(C)(CNC(=O)CNCC1CC1)S(C)(=O)=O. The highest BCUT2D eigenvalue weighted by molar-refractivity contribution is 7.92. The molecule has 0 unspecified atom stereocenters. The molecule has 0 spiro atoms. The zero-order valence-electron chi connectivity index (χ0n) is 10.7. The molecule has 1 saturated carbocycles. The van der Waals surface area contributed by atoms with Crippen LogP contribution in [0.2, 0.25) is 0 Å². The van der Waals surface area contributed by atoms with Crippen molar-refractivity contribution >= 4 is 15.7 Å². The van der Waals surface area contributed by atoms with Crippen LogP contribution >= 0.6 is 0 Å². The van der Waals surface area contributed by atoms with E-state index in [-0.39, 0.29) is 19.0 Å². The van der Waals surface area contributed by atoms with E-state index < -0.39 is 14.6 Å². The molecule has 1 rings (SSSR count). The maximum Gasteiger partial charge on any atom is 0.234 e. The van der Waals surface area contributed by atoms with Gasteiger partial charge in [-0.3, -0.25) is 4.79 Å². The van der Waals surface area contributed by atoms with E-state index in [1.165, 1.54) is 19.1 Å². The smallest absolute Gasteiger partial charge is 0.234 e. The van der Waals surface area contributed by atoms with Crippen LogP contribution < -0.4 is 10.6 Å². The molecule has 0 aromatic heterocycles. The van der Waals surface area contributed by atoms with E-state index in [0.29, 0.717) is 0 Å². The number of nitrogens with one attached hydrogen (secondary N) is 2. The Labute approximate surface area is 103 Å². The molecule has 1 amide bonds. The van der Waals surface area contributed by atoms with Gasteiger partial charge >= 0.3 is 0 Å². The lowest BCUT2D eigenvalue weighted by atomic mass is 10.2. The van der Waals surface area contributed by atoms with E-state index in [1.807, 2.05) is 0 Å². The predicted octanol–water partition coefficient (Wildman–Crippen LogP) is -0.0746. The number of amides is 1. The van der Waals surface area contributed by atoms with Gasteiger partial charge in [0.15, 0.2) is 9.84 Å². The number of rotatable bonds is 7. The van der Waals surface area contributed by atoms with Gasteiger partial charge in [0.05, 0.1) is 11.3 Å². The van der Waals surface area contributed by atoms with Crippen LogP contribution in [0.3, 0.4) is 0 Å². The Balaban J connectivity index is 2.22. The molecule has 0 aromatic rings. The Morgan fingerprint density at radius 1 is 1.35 bits per heavy atom. The van der Waals surface area contributed by atoms with Gasteiger partial charge in [0.1, 0.15) is 0 Å². The van der Waals surface area contributed by atoms with Crippen molar-refractivity contribution in [2.24, 2.45) is 5.92 Å². The topological polar surface area (TPSA) is 75.3 Å². The first-order valence-electron chi connectivity index (χ1n) is 5.89. The quantitative estimate of drug-likeness (QED) is 0.673. The molecule has 100 valence electrons. The molecule has 0 atom stereocenters.